The second-order valence-electron chi connectivity index (χ2n) is 6.67. The number of halogens is 1. The van der Waals surface area contributed by atoms with Gasteiger partial charge in [-0.2, -0.15) is 0 Å². The Morgan fingerprint density at radius 3 is 2.30 bits per heavy atom. The van der Waals surface area contributed by atoms with E-state index < -0.39 is 10.0 Å². The van der Waals surface area contributed by atoms with Crippen LogP contribution >= 0.6 is 11.6 Å². The van der Waals surface area contributed by atoms with E-state index in [1.807, 2.05) is 32.0 Å². The highest BCUT2D eigenvalue weighted by atomic mass is 35.5. The number of hydrogen-bond acceptors (Lipinski definition) is 4. The number of anilines is 2. The molecule has 0 aliphatic carbocycles. The second kappa shape index (κ2) is 9.19. The fourth-order valence-corrected chi connectivity index (χ4v) is 3.85. The van der Waals surface area contributed by atoms with Crippen molar-refractivity contribution in [2.75, 3.05) is 16.6 Å². The molecule has 30 heavy (non-hydrogen) atoms. The minimum Gasteiger partial charge on any atom is -0.484 e. The molecular weight excluding hydrogens is 424 g/mol. The Morgan fingerprint density at radius 1 is 0.967 bits per heavy atom. The topological polar surface area (TPSA) is 84.5 Å². The molecule has 0 saturated carbocycles. The Hall–Kier alpha value is -3.03. The molecule has 3 aromatic rings. The zero-order valence-electron chi connectivity index (χ0n) is 16.5. The summed E-state index contributed by atoms with van der Waals surface area (Å²) in [5.74, 6) is 0.0846. The summed E-state index contributed by atoms with van der Waals surface area (Å²) >= 11 is 5.81. The first-order chi connectivity index (χ1) is 14.2. The molecule has 1 amide bonds. The summed E-state index contributed by atoms with van der Waals surface area (Å²) in [6.07, 6.45) is 0. The van der Waals surface area contributed by atoms with E-state index in [9.17, 15) is 13.2 Å². The molecule has 0 spiro atoms. The predicted molar refractivity (Wildman–Crippen MR) is 119 cm³/mol. The van der Waals surface area contributed by atoms with Crippen molar-refractivity contribution in [1.29, 1.82) is 0 Å². The summed E-state index contributed by atoms with van der Waals surface area (Å²) in [4.78, 5) is 12.2. The zero-order chi connectivity index (χ0) is 21.7. The van der Waals surface area contributed by atoms with E-state index in [1.165, 1.54) is 24.3 Å². The maximum Gasteiger partial charge on any atom is 0.262 e. The van der Waals surface area contributed by atoms with Gasteiger partial charge in [0.05, 0.1) is 4.90 Å². The lowest BCUT2D eigenvalue weighted by Gasteiger charge is -2.12. The van der Waals surface area contributed by atoms with Crippen molar-refractivity contribution in [2.24, 2.45) is 0 Å². The van der Waals surface area contributed by atoms with Gasteiger partial charge in [0.15, 0.2) is 6.61 Å². The number of carbonyl (C=O) groups excluding carboxylic acids is 1. The van der Waals surface area contributed by atoms with Crippen LogP contribution in [-0.2, 0) is 14.8 Å². The largest absolute Gasteiger partial charge is 0.484 e. The molecule has 0 aliphatic heterocycles. The smallest absolute Gasteiger partial charge is 0.262 e. The van der Waals surface area contributed by atoms with Crippen molar-refractivity contribution in [1.82, 2.24) is 0 Å². The van der Waals surface area contributed by atoms with Gasteiger partial charge in [0.1, 0.15) is 5.75 Å². The lowest BCUT2D eigenvalue weighted by Crippen LogP contribution is -2.20. The van der Waals surface area contributed by atoms with Gasteiger partial charge in [-0.05, 0) is 79.6 Å². The van der Waals surface area contributed by atoms with Gasteiger partial charge in [-0.15, -0.1) is 0 Å². The van der Waals surface area contributed by atoms with Gasteiger partial charge in [-0.3, -0.25) is 9.52 Å². The van der Waals surface area contributed by atoms with Crippen LogP contribution in [0.4, 0.5) is 11.4 Å². The molecule has 0 aliphatic rings. The maximum absolute atomic E-state index is 12.5. The second-order valence-corrected chi connectivity index (χ2v) is 8.79. The van der Waals surface area contributed by atoms with Crippen LogP contribution in [0.1, 0.15) is 11.1 Å². The molecule has 2 N–H and O–H groups in total. The molecule has 6 nitrogen and oxygen atoms in total. The third-order valence-electron chi connectivity index (χ3n) is 4.48. The average molecular weight is 445 g/mol. The van der Waals surface area contributed by atoms with Crippen molar-refractivity contribution in [3.63, 3.8) is 0 Å². The standard InChI is InChI=1S/C22H21ClN2O4S/c1-15-4-3-5-21(16(15)2)24-22(26)14-29-19-10-12-20(13-11-19)30(27,28)25-18-8-6-17(23)7-9-18/h3-13,25H,14H2,1-2H3,(H,24,26). The van der Waals surface area contributed by atoms with Gasteiger partial charge >= 0.3 is 0 Å². The van der Waals surface area contributed by atoms with E-state index in [-0.39, 0.29) is 17.4 Å². The van der Waals surface area contributed by atoms with Crippen molar-refractivity contribution in [2.45, 2.75) is 18.7 Å². The fraction of sp³-hybridized carbons (Fsp3) is 0.136. The lowest BCUT2D eigenvalue weighted by atomic mass is 10.1. The van der Waals surface area contributed by atoms with Crippen molar-refractivity contribution in [3.05, 3.63) is 82.9 Å². The molecule has 156 valence electrons. The maximum atomic E-state index is 12.5. The highest BCUT2D eigenvalue weighted by molar-refractivity contribution is 7.92. The molecule has 0 saturated heterocycles. The molecule has 0 atom stereocenters. The average Bonchev–Trinajstić information content (AvgIpc) is 2.72. The first-order valence-corrected chi connectivity index (χ1v) is 11.0. The van der Waals surface area contributed by atoms with Crippen LogP contribution in [0.25, 0.3) is 0 Å². The lowest BCUT2D eigenvalue weighted by molar-refractivity contribution is -0.118. The summed E-state index contributed by atoms with van der Waals surface area (Å²) in [7, 11) is -3.75. The number of rotatable bonds is 7. The predicted octanol–water partition coefficient (Wildman–Crippen LogP) is 4.78. The molecule has 0 radical (unpaired) electrons. The van der Waals surface area contributed by atoms with E-state index in [0.717, 1.165) is 16.8 Å². The summed E-state index contributed by atoms with van der Waals surface area (Å²) in [5.41, 5.74) is 3.22. The summed E-state index contributed by atoms with van der Waals surface area (Å²) < 4.78 is 32.9. The van der Waals surface area contributed by atoms with Crippen molar-refractivity contribution in [3.8, 4) is 5.75 Å². The van der Waals surface area contributed by atoms with Gasteiger partial charge in [-0.25, -0.2) is 8.42 Å². The van der Waals surface area contributed by atoms with Gasteiger partial charge in [0, 0.05) is 16.4 Å². The first-order valence-electron chi connectivity index (χ1n) is 9.12. The van der Waals surface area contributed by atoms with Crippen LogP contribution in [-0.4, -0.2) is 20.9 Å². The van der Waals surface area contributed by atoms with E-state index in [4.69, 9.17) is 16.3 Å². The minimum absolute atomic E-state index is 0.0737. The first kappa shape index (κ1) is 21.7. The molecule has 0 bridgehead atoms. The fourth-order valence-electron chi connectivity index (χ4n) is 2.67. The molecule has 3 rings (SSSR count). The Bertz CT molecular complexity index is 1140. The molecule has 0 aromatic heterocycles. The minimum atomic E-state index is -3.75. The van der Waals surface area contributed by atoms with Crippen LogP contribution in [0, 0.1) is 13.8 Å². The van der Waals surface area contributed by atoms with Crippen LogP contribution in [0.5, 0.6) is 5.75 Å². The number of hydrogen-bond donors (Lipinski definition) is 2. The van der Waals surface area contributed by atoms with Crippen molar-refractivity contribution >= 4 is 38.9 Å². The summed E-state index contributed by atoms with van der Waals surface area (Å²) in [6, 6.07) is 17.8. The van der Waals surface area contributed by atoms with Gasteiger partial charge in [-0.1, -0.05) is 23.7 Å². The van der Waals surface area contributed by atoms with Crippen LogP contribution in [0.15, 0.2) is 71.6 Å². The van der Waals surface area contributed by atoms with E-state index in [0.29, 0.717) is 16.5 Å². The zero-order valence-corrected chi connectivity index (χ0v) is 18.0. The number of sulfonamides is 1. The van der Waals surface area contributed by atoms with Gasteiger partial charge in [0.25, 0.3) is 15.9 Å². The monoisotopic (exact) mass is 444 g/mol. The SMILES string of the molecule is Cc1cccc(NC(=O)COc2ccc(S(=O)(=O)Nc3ccc(Cl)cc3)cc2)c1C. The number of ether oxygens (including phenoxy) is 1. The van der Waals surface area contributed by atoms with Crippen LogP contribution in [0.2, 0.25) is 5.02 Å². The molecule has 0 heterocycles. The third kappa shape index (κ3) is 5.52. The van der Waals surface area contributed by atoms with Crippen molar-refractivity contribution < 1.29 is 17.9 Å². The Kier molecular flexibility index (Phi) is 6.64. The van der Waals surface area contributed by atoms with Gasteiger partial charge < -0.3 is 10.1 Å². The normalized spacial score (nSPS) is 11.0. The number of nitrogens with one attached hydrogen (secondary N) is 2. The highest BCUT2D eigenvalue weighted by Gasteiger charge is 2.14. The summed E-state index contributed by atoms with van der Waals surface area (Å²) in [6.45, 7) is 3.71. The molecular formula is C22H21ClN2O4S. The molecule has 3 aromatic carbocycles. The Balaban J connectivity index is 1.59. The van der Waals surface area contributed by atoms with E-state index >= 15 is 0 Å². The van der Waals surface area contributed by atoms with Gasteiger partial charge in [0.2, 0.25) is 0 Å². The highest BCUT2D eigenvalue weighted by Crippen LogP contribution is 2.21. The van der Waals surface area contributed by atoms with Crippen LogP contribution < -0.4 is 14.8 Å². The molecule has 8 heteroatoms. The number of carbonyl (C=O) groups is 1. The number of aryl methyl sites for hydroxylation is 1. The Labute approximate surface area is 180 Å². The van der Waals surface area contributed by atoms with E-state index in [2.05, 4.69) is 10.0 Å². The summed E-state index contributed by atoms with van der Waals surface area (Å²) in [5, 5.41) is 3.32. The quantitative estimate of drug-likeness (QED) is 0.549. The number of benzene rings is 3. The molecule has 0 unspecified atom stereocenters. The number of amides is 1. The van der Waals surface area contributed by atoms with Crippen LogP contribution in [0.3, 0.4) is 0 Å². The molecule has 0 fully saturated rings. The third-order valence-corrected chi connectivity index (χ3v) is 6.13. The Morgan fingerprint density at radius 2 is 1.63 bits per heavy atom. The van der Waals surface area contributed by atoms with E-state index in [1.54, 1.807) is 24.3 Å².